The average molecular weight is 504 g/mol. The minimum Gasteiger partial charge on any atom is -0.355 e. The Balaban J connectivity index is 1.44. The van der Waals surface area contributed by atoms with E-state index in [1.807, 2.05) is 0 Å². The van der Waals surface area contributed by atoms with Gasteiger partial charge in [-0.1, -0.05) is 142 Å². The first kappa shape index (κ1) is 24.7. The van der Waals surface area contributed by atoms with Gasteiger partial charge in [0.2, 0.25) is 0 Å². The lowest BCUT2D eigenvalue weighted by atomic mass is 9.85. The summed E-state index contributed by atoms with van der Waals surface area (Å²) in [7, 11) is 0. The molecule has 190 valence electrons. The van der Waals surface area contributed by atoms with Crippen molar-refractivity contribution in [2.24, 2.45) is 0 Å². The molecule has 0 aliphatic rings. The summed E-state index contributed by atoms with van der Waals surface area (Å²) in [6, 6.07) is 50.1. The lowest BCUT2D eigenvalue weighted by Gasteiger charge is -2.23. The van der Waals surface area contributed by atoms with Crippen LogP contribution in [0, 0.1) is 0 Å². The van der Waals surface area contributed by atoms with Crippen LogP contribution in [0.1, 0.15) is 26.3 Å². The van der Waals surface area contributed by atoms with E-state index >= 15 is 0 Å². The summed E-state index contributed by atoms with van der Waals surface area (Å²) in [6.07, 6.45) is 0. The van der Waals surface area contributed by atoms with Crippen LogP contribution in [0.4, 0.5) is 11.4 Å². The highest BCUT2D eigenvalue weighted by atomic mass is 14.9. The van der Waals surface area contributed by atoms with Crippen molar-refractivity contribution in [3.63, 3.8) is 0 Å². The van der Waals surface area contributed by atoms with Crippen LogP contribution in [-0.4, -0.2) is 0 Å². The van der Waals surface area contributed by atoms with Crippen molar-refractivity contribution in [2.75, 3.05) is 5.32 Å². The molecule has 1 heteroatoms. The fourth-order valence-corrected chi connectivity index (χ4v) is 5.54. The molecule has 39 heavy (non-hydrogen) atoms. The number of hydrogen-bond donors (Lipinski definition) is 1. The van der Waals surface area contributed by atoms with E-state index in [-0.39, 0.29) is 5.41 Å². The molecule has 0 atom stereocenters. The Kier molecular flexibility index (Phi) is 6.50. The van der Waals surface area contributed by atoms with Crippen molar-refractivity contribution >= 4 is 22.1 Å². The Hall–Kier alpha value is -4.62. The van der Waals surface area contributed by atoms with Crippen molar-refractivity contribution in [3.05, 3.63) is 145 Å². The molecule has 1 N–H and O–H groups in total. The molecule has 6 rings (SSSR count). The highest BCUT2D eigenvalue weighted by molar-refractivity contribution is 6.07. The van der Waals surface area contributed by atoms with E-state index in [4.69, 9.17) is 0 Å². The highest BCUT2D eigenvalue weighted by Gasteiger charge is 2.18. The maximum Gasteiger partial charge on any atom is 0.0422 e. The molecule has 0 radical (unpaired) electrons. The summed E-state index contributed by atoms with van der Waals surface area (Å²) in [4.78, 5) is 0. The Morgan fingerprint density at radius 3 is 1.79 bits per heavy atom. The standard InChI is InChI=1S/C38H33N/c1-38(2,3)36-22-11-12-23-37(36)39-29-17-13-16-28(26-29)31-24-25-35(34-21-10-9-20-33(31)34)32-19-8-7-18-30(32)27-14-5-4-6-15-27/h4-26,39H,1-3H3. The molecule has 0 spiro atoms. The number of anilines is 2. The van der Waals surface area contributed by atoms with Gasteiger partial charge in [-0.2, -0.15) is 0 Å². The molecule has 0 aliphatic carbocycles. The van der Waals surface area contributed by atoms with E-state index in [0.29, 0.717) is 0 Å². The molecular formula is C38H33N. The summed E-state index contributed by atoms with van der Waals surface area (Å²) < 4.78 is 0. The SMILES string of the molecule is CC(C)(C)c1ccccc1Nc1cccc(-c2ccc(-c3ccccc3-c3ccccc3)c3ccccc23)c1. The van der Waals surface area contributed by atoms with Crippen molar-refractivity contribution in [1.29, 1.82) is 0 Å². The van der Waals surface area contributed by atoms with Crippen LogP contribution in [0.5, 0.6) is 0 Å². The van der Waals surface area contributed by atoms with E-state index in [1.165, 1.54) is 49.7 Å². The largest absolute Gasteiger partial charge is 0.355 e. The molecule has 0 bridgehead atoms. The molecule has 6 aromatic rings. The molecule has 1 nitrogen and oxygen atoms in total. The summed E-state index contributed by atoms with van der Waals surface area (Å²) in [5.41, 5.74) is 11.0. The minimum absolute atomic E-state index is 0.0588. The zero-order chi connectivity index (χ0) is 26.8. The van der Waals surface area contributed by atoms with Crippen LogP contribution in [-0.2, 0) is 5.41 Å². The van der Waals surface area contributed by atoms with Crippen molar-refractivity contribution in [3.8, 4) is 33.4 Å². The van der Waals surface area contributed by atoms with Gasteiger partial charge >= 0.3 is 0 Å². The van der Waals surface area contributed by atoms with Crippen molar-refractivity contribution in [2.45, 2.75) is 26.2 Å². The van der Waals surface area contributed by atoms with Gasteiger partial charge in [0.1, 0.15) is 0 Å². The van der Waals surface area contributed by atoms with Crippen LogP contribution < -0.4 is 5.32 Å². The van der Waals surface area contributed by atoms with Gasteiger partial charge in [0.15, 0.2) is 0 Å². The predicted octanol–water partition coefficient (Wildman–Crippen LogP) is 10.9. The smallest absolute Gasteiger partial charge is 0.0422 e. The number of para-hydroxylation sites is 1. The third-order valence-corrected chi connectivity index (χ3v) is 7.41. The molecule has 0 aromatic heterocycles. The van der Waals surface area contributed by atoms with Crippen molar-refractivity contribution < 1.29 is 0 Å². The molecule has 0 fully saturated rings. The molecule has 0 aliphatic heterocycles. The van der Waals surface area contributed by atoms with Gasteiger partial charge in [-0.15, -0.1) is 0 Å². The maximum absolute atomic E-state index is 3.70. The van der Waals surface area contributed by atoms with E-state index in [2.05, 4.69) is 166 Å². The normalized spacial score (nSPS) is 11.5. The van der Waals surface area contributed by atoms with E-state index in [0.717, 1.165) is 11.4 Å². The van der Waals surface area contributed by atoms with E-state index < -0.39 is 0 Å². The summed E-state index contributed by atoms with van der Waals surface area (Å²) in [5, 5.41) is 6.21. The van der Waals surface area contributed by atoms with Gasteiger partial charge < -0.3 is 5.32 Å². The van der Waals surface area contributed by atoms with Gasteiger partial charge in [0, 0.05) is 11.4 Å². The minimum atomic E-state index is 0.0588. The highest BCUT2D eigenvalue weighted by Crippen LogP contribution is 2.40. The van der Waals surface area contributed by atoms with Gasteiger partial charge in [0.25, 0.3) is 0 Å². The Labute approximate surface area is 231 Å². The number of rotatable bonds is 5. The lowest BCUT2D eigenvalue weighted by Crippen LogP contribution is -2.13. The molecule has 0 saturated carbocycles. The molecule has 0 unspecified atom stereocenters. The topological polar surface area (TPSA) is 12.0 Å². The van der Waals surface area contributed by atoms with Gasteiger partial charge in [-0.05, 0) is 73.3 Å². The van der Waals surface area contributed by atoms with Crippen LogP contribution in [0.3, 0.4) is 0 Å². The summed E-state index contributed by atoms with van der Waals surface area (Å²) >= 11 is 0. The molecule has 0 saturated heterocycles. The Morgan fingerprint density at radius 1 is 0.436 bits per heavy atom. The molecular weight excluding hydrogens is 470 g/mol. The van der Waals surface area contributed by atoms with E-state index in [9.17, 15) is 0 Å². The summed E-state index contributed by atoms with van der Waals surface area (Å²) in [6.45, 7) is 6.77. The van der Waals surface area contributed by atoms with Crippen molar-refractivity contribution in [1.82, 2.24) is 0 Å². The maximum atomic E-state index is 3.70. The van der Waals surface area contributed by atoms with Crippen LogP contribution in [0.15, 0.2) is 140 Å². The number of fused-ring (bicyclic) bond motifs is 1. The zero-order valence-corrected chi connectivity index (χ0v) is 22.8. The number of hydrogen-bond acceptors (Lipinski definition) is 1. The number of nitrogens with one attached hydrogen (secondary N) is 1. The molecule has 0 amide bonds. The second kappa shape index (κ2) is 10.3. The van der Waals surface area contributed by atoms with Crippen LogP contribution in [0.2, 0.25) is 0 Å². The first-order valence-corrected chi connectivity index (χ1v) is 13.6. The molecule has 6 aromatic carbocycles. The molecule has 0 heterocycles. The lowest BCUT2D eigenvalue weighted by molar-refractivity contribution is 0.592. The second-order valence-electron chi connectivity index (χ2n) is 11.1. The van der Waals surface area contributed by atoms with Gasteiger partial charge in [0.05, 0.1) is 0 Å². The van der Waals surface area contributed by atoms with E-state index in [1.54, 1.807) is 0 Å². The third kappa shape index (κ3) is 4.96. The van der Waals surface area contributed by atoms with Gasteiger partial charge in [-0.3, -0.25) is 0 Å². The Morgan fingerprint density at radius 2 is 1.03 bits per heavy atom. The fraction of sp³-hybridized carbons (Fsp3) is 0.105. The summed E-state index contributed by atoms with van der Waals surface area (Å²) in [5.74, 6) is 0. The average Bonchev–Trinajstić information content (AvgIpc) is 2.97. The monoisotopic (exact) mass is 503 g/mol. The quantitative estimate of drug-likeness (QED) is 0.247. The second-order valence-corrected chi connectivity index (χ2v) is 11.1. The fourth-order valence-electron chi connectivity index (χ4n) is 5.54. The zero-order valence-electron chi connectivity index (χ0n) is 22.8. The first-order chi connectivity index (χ1) is 19.0. The predicted molar refractivity (Wildman–Crippen MR) is 169 cm³/mol. The Bertz CT molecular complexity index is 1760. The van der Waals surface area contributed by atoms with Gasteiger partial charge in [-0.25, -0.2) is 0 Å². The van der Waals surface area contributed by atoms with Crippen LogP contribution >= 0.6 is 0 Å². The van der Waals surface area contributed by atoms with Crippen LogP contribution in [0.25, 0.3) is 44.2 Å². The third-order valence-electron chi connectivity index (χ3n) is 7.41. The number of benzene rings is 6. The first-order valence-electron chi connectivity index (χ1n) is 13.6.